The van der Waals surface area contributed by atoms with Gasteiger partial charge in [0.1, 0.15) is 0 Å². The number of halogens is 1. The molecule has 0 amide bonds. The minimum Gasteiger partial charge on any atom is -0.380 e. The van der Waals surface area contributed by atoms with Crippen LogP contribution in [0.3, 0.4) is 0 Å². The zero-order valence-electron chi connectivity index (χ0n) is 9.98. The summed E-state index contributed by atoms with van der Waals surface area (Å²) in [5.41, 5.74) is 7.90. The first-order valence-corrected chi connectivity index (χ1v) is 6.43. The van der Waals surface area contributed by atoms with Crippen LogP contribution in [0.2, 0.25) is 0 Å². The van der Waals surface area contributed by atoms with Gasteiger partial charge in [0.05, 0.1) is 23.7 Å². The van der Waals surface area contributed by atoms with Crippen LogP contribution >= 0.6 is 15.9 Å². The fraction of sp³-hybridized carbons (Fsp3) is 0.417. The van der Waals surface area contributed by atoms with E-state index in [4.69, 9.17) is 10.5 Å². The summed E-state index contributed by atoms with van der Waals surface area (Å²) in [6.45, 7) is 5.42. The normalized spacial score (nSPS) is 13.1. The highest BCUT2D eigenvalue weighted by Crippen LogP contribution is 2.25. The molecule has 1 aromatic heterocycles. The first-order chi connectivity index (χ1) is 8.13. The lowest BCUT2D eigenvalue weighted by atomic mass is 10.3. The van der Waals surface area contributed by atoms with Crippen molar-refractivity contribution in [1.29, 1.82) is 0 Å². The summed E-state index contributed by atoms with van der Waals surface area (Å²) in [4.78, 5) is 4.36. The molecule has 2 rings (SSSR count). The zero-order valence-corrected chi connectivity index (χ0v) is 11.6. The predicted octanol–water partition coefficient (Wildman–Crippen LogP) is 2.98. The zero-order chi connectivity index (χ0) is 12.4. The van der Waals surface area contributed by atoms with Gasteiger partial charge in [-0.25, -0.2) is 4.98 Å². The average molecular weight is 298 g/mol. The number of nitrogens with two attached hydrogens (primary N) is 1. The highest BCUT2D eigenvalue weighted by atomic mass is 79.9. The highest BCUT2D eigenvalue weighted by molar-refractivity contribution is 9.10. The average Bonchev–Trinajstić information content (AvgIpc) is 2.61. The third kappa shape index (κ3) is 2.45. The lowest BCUT2D eigenvalue weighted by Gasteiger charge is -2.15. The van der Waals surface area contributed by atoms with Crippen molar-refractivity contribution in [3.8, 4) is 0 Å². The number of hydrogen-bond acceptors (Lipinski definition) is 3. The van der Waals surface area contributed by atoms with E-state index in [9.17, 15) is 0 Å². The molecule has 2 aromatic rings. The molecular formula is C12H16BrN3O. The van der Waals surface area contributed by atoms with Crippen LogP contribution < -0.4 is 5.73 Å². The van der Waals surface area contributed by atoms with Crippen molar-refractivity contribution in [3.63, 3.8) is 0 Å². The third-order valence-corrected chi connectivity index (χ3v) is 3.18. The second-order valence-corrected chi connectivity index (χ2v) is 4.90. The number of aromatic nitrogens is 2. The monoisotopic (exact) mass is 297 g/mol. The van der Waals surface area contributed by atoms with Gasteiger partial charge in [-0.3, -0.25) is 0 Å². The van der Waals surface area contributed by atoms with E-state index in [-0.39, 0.29) is 6.04 Å². The number of benzene rings is 1. The molecule has 0 bridgehead atoms. The Bertz CT molecular complexity index is 524. The van der Waals surface area contributed by atoms with E-state index < -0.39 is 0 Å². The maximum atomic E-state index is 5.96. The standard InChI is InChI=1S/C12H16BrN3O/c1-3-17-7-8(2)16-11-5-4-9(13)6-10(11)15-12(16)14/h4-6,8H,3,7H2,1-2H3,(H2,14,15). The molecule has 4 nitrogen and oxygen atoms in total. The second kappa shape index (κ2) is 5.06. The van der Waals surface area contributed by atoms with Crippen LogP contribution in [0.15, 0.2) is 22.7 Å². The van der Waals surface area contributed by atoms with Gasteiger partial charge in [0.25, 0.3) is 0 Å². The number of anilines is 1. The van der Waals surface area contributed by atoms with Gasteiger partial charge < -0.3 is 15.0 Å². The third-order valence-electron chi connectivity index (χ3n) is 2.68. The molecule has 0 saturated heterocycles. The Morgan fingerprint density at radius 3 is 3.00 bits per heavy atom. The van der Waals surface area contributed by atoms with Crippen LogP contribution in [0.5, 0.6) is 0 Å². The number of ether oxygens (including phenoxy) is 1. The number of imidazole rings is 1. The van der Waals surface area contributed by atoms with E-state index >= 15 is 0 Å². The van der Waals surface area contributed by atoms with Gasteiger partial charge in [-0.15, -0.1) is 0 Å². The molecular weight excluding hydrogens is 282 g/mol. The molecule has 17 heavy (non-hydrogen) atoms. The summed E-state index contributed by atoms with van der Waals surface area (Å²) in [5, 5.41) is 0. The van der Waals surface area contributed by atoms with Crippen LogP contribution in [0.1, 0.15) is 19.9 Å². The lowest BCUT2D eigenvalue weighted by Crippen LogP contribution is -2.14. The van der Waals surface area contributed by atoms with Gasteiger partial charge in [-0.1, -0.05) is 15.9 Å². The molecule has 1 aromatic carbocycles. The van der Waals surface area contributed by atoms with Crippen molar-refractivity contribution < 1.29 is 4.74 Å². The molecule has 1 heterocycles. The Hall–Kier alpha value is -1.07. The fourth-order valence-electron chi connectivity index (χ4n) is 1.92. The smallest absolute Gasteiger partial charge is 0.201 e. The minimum atomic E-state index is 0.182. The van der Waals surface area contributed by atoms with Gasteiger partial charge in [-0.05, 0) is 32.0 Å². The molecule has 0 aliphatic heterocycles. The molecule has 1 atom stereocenters. The molecule has 0 aliphatic rings. The quantitative estimate of drug-likeness (QED) is 0.944. The number of nitrogen functional groups attached to an aromatic ring is 1. The van der Waals surface area contributed by atoms with E-state index in [0.717, 1.165) is 15.5 Å². The van der Waals surface area contributed by atoms with Crippen LogP contribution in [-0.4, -0.2) is 22.8 Å². The Labute approximate surface area is 109 Å². The Balaban J connectivity index is 2.42. The van der Waals surface area contributed by atoms with E-state index in [1.54, 1.807) is 0 Å². The summed E-state index contributed by atoms with van der Waals surface area (Å²) in [6.07, 6.45) is 0. The summed E-state index contributed by atoms with van der Waals surface area (Å²) in [6, 6.07) is 6.16. The van der Waals surface area contributed by atoms with E-state index in [2.05, 4.69) is 27.8 Å². The van der Waals surface area contributed by atoms with Gasteiger partial charge in [-0.2, -0.15) is 0 Å². The fourth-order valence-corrected chi connectivity index (χ4v) is 2.27. The molecule has 5 heteroatoms. The first kappa shape index (κ1) is 12.4. The number of rotatable bonds is 4. The summed E-state index contributed by atoms with van der Waals surface area (Å²) in [5.74, 6) is 0.533. The van der Waals surface area contributed by atoms with Crippen LogP contribution in [0, 0.1) is 0 Å². The Kier molecular flexibility index (Phi) is 3.69. The van der Waals surface area contributed by atoms with E-state index in [1.165, 1.54) is 0 Å². The van der Waals surface area contributed by atoms with Crippen molar-refractivity contribution in [3.05, 3.63) is 22.7 Å². The molecule has 0 aliphatic carbocycles. The summed E-state index contributed by atoms with van der Waals surface area (Å²) >= 11 is 3.43. The van der Waals surface area contributed by atoms with Gasteiger partial charge in [0.15, 0.2) is 0 Å². The lowest BCUT2D eigenvalue weighted by molar-refractivity contribution is 0.120. The maximum Gasteiger partial charge on any atom is 0.201 e. The van der Waals surface area contributed by atoms with Crippen LogP contribution in [-0.2, 0) is 4.74 Å². The molecule has 0 radical (unpaired) electrons. The SMILES string of the molecule is CCOCC(C)n1c(N)nc2cc(Br)ccc21. The summed E-state index contributed by atoms with van der Waals surface area (Å²) in [7, 11) is 0. The molecule has 1 unspecified atom stereocenters. The van der Waals surface area contributed by atoms with Gasteiger partial charge in [0, 0.05) is 11.1 Å². The van der Waals surface area contributed by atoms with Crippen molar-refractivity contribution in [2.24, 2.45) is 0 Å². The van der Waals surface area contributed by atoms with Crippen molar-refractivity contribution in [1.82, 2.24) is 9.55 Å². The first-order valence-electron chi connectivity index (χ1n) is 5.64. The Morgan fingerprint density at radius 1 is 1.53 bits per heavy atom. The molecule has 0 saturated carbocycles. The topological polar surface area (TPSA) is 53.1 Å². The Morgan fingerprint density at radius 2 is 2.29 bits per heavy atom. The van der Waals surface area contributed by atoms with Crippen molar-refractivity contribution in [2.75, 3.05) is 18.9 Å². The maximum absolute atomic E-state index is 5.96. The van der Waals surface area contributed by atoms with Gasteiger partial charge >= 0.3 is 0 Å². The van der Waals surface area contributed by atoms with Crippen LogP contribution in [0.4, 0.5) is 5.95 Å². The second-order valence-electron chi connectivity index (χ2n) is 3.98. The molecule has 2 N–H and O–H groups in total. The minimum absolute atomic E-state index is 0.182. The highest BCUT2D eigenvalue weighted by Gasteiger charge is 2.13. The van der Waals surface area contributed by atoms with Crippen molar-refractivity contribution >= 4 is 32.9 Å². The summed E-state index contributed by atoms with van der Waals surface area (Å²) < 4.78 is 8.45. The van der Waals surface area contributed by atoms with E-state index in [1.807, 2.05) is 29.7 Å². The molecule has 0 fully saturated rings. The largest absolute Gasteiger partial charge is 0.380 e. The number of nitrogens with zero attached hydrogens (tertiary/aromatic N) is 2. The number of hydrogen-bond donors (Lipinski definition) is 1. The van der Waals surface area contributed by atoms with E-state index in [0.29, 0.717) is 19.2 Å². The van der Waals surface area contributed by atoms with Crippen molar-refractivity contribution in [2.45, 2.75) is 19.9 Å². The molecule has 0 spiro atoms. The predicted molar refractivity (Wildman–Crippen MR) is 73.0 cm³/mol. The number of fused-ring (bicyclic) bond motifs is 1. The van der Waals surface area contributed by atoms with Crippen LogP contribution in [0.25, 0.3) is 11.0 Å². The molecule has 92 valence electrons. The van der Waals surface area contributed by atoms with Gasteiger partial charge in [0.2, 0.25) is 5.95 Å².